The molecule has 2 aromatic rings. The molecule has 2 rings (SSSR count). The number of nitrogens with zero attached hydrogens (tertiary/aromatic N) is 2. The first-order valence-corrected chi connectivity index (χ1v) is 5.09. The van der Waals surface area contributed by atoms with E-state index in [1.807, 2.05) is 0 Å². The van der Waals surface area contributed by atoms with Gasteiger partial charge in [0.2, 0.25) is 18.1 Å². The molecule has 1 aromatic carbocycles. The molecule has 0 unspecified atom stereocenters. The third kappa shape index (κ3) is 2.85. The van der Waals surface area contributed by atoms with Crippen molar-refractivity contribution in [2.75, 3.05) is 0 Å². The Morgan fingerprint density at radius 3 is 2.82 bits per heavy atom. The minimum absolute atomic E-state index is 0.156. The zero-order valence-electron chi connectivity index (χ0n) is 8.94. The van der Waals surface area contributed by atoms with Crippen LogP contribution in [0.25, 0.3) is 11.4 Å². The van der Waals surface area contributed by atoms with Crippen LogP contribution in [-0.2, 0) is 13.0 Å². The van der Waals surface area contributed by atoms with Gasteiger partial charge >= 0.3 is 0 Å². The quantitative estimate of drug-likeness (QED) is 0.886. The predicted molar refractivity (Wildman–Crippen MR) is 57.3 cm³/mol. The first-order valence-electron chi connectivity index (χ1n) is 5.09. The third-order valence-corrected chi connectivity index (χ3v) is 2.22. The second-order valence-electron chi connectivity index (χ2n) is 3.51. The average molecular weight is 239 g/mol. The molecule has 0 saturated carbocycles. The lowest BCUT2D eigenvalue weighted by molar-refractivity contribution is 0.149. The summed E-state index contributed by atoms with van der Waals surface area (Å²) in [6, 6.07) is 6.68. The summed E-state index contributed by atoms with van der Waals surface area (Å²) in [5.41, 5.74) is 6.53. The number of aromatic nitrogens is 2. The number of hydrogen-bond donors (Lipinski definition) is 1. The molecule has 0 spiro atoms. The largest absolute Gasteiger partial charge is 0.338 e. The van der Waals surface area contributed by atoms with Gasteiger partial charge in [0.1, 0.15) is 0 Å². The van der Waals surface area contributed by atoms with E-state index in [1.165, 1.54) is 0 Å². The minimum atomic E-state index is -2.37. The van der Waals surface area contributed by atoms with Gasteiger partial charge in [0.05, 0.1) is 6.54 Å². The number of halogens is 2. The Morgan fingerprint density at radius 2 is 2.18 bits per heavy atom. The van der Waals surface area contributed by atoms with Crippen LogP contribution in [0.3, 0.4) is 0 Å². The van der Waals surface area contributed by atoms with Crippen LogP contribution in [0.15, 0.2) is 28.8 Å². The zero-order valence-corrected chi connectivity index (χ0v) is 8.94. The Kier molecular flexibility index (Phi) is 3.43. The lowest BCUT2D eigenvalue weighted by Crippen LogP contribution is -1.97. The van der Waals surface area contributed by atoms with Gasteiger partial charge in [-0.25, -0.2) is 8.78 Å². The first kappa shape index (κ1) is 11.7. The molecule has 0 fully saturated rings. The van der Waals surface area contributed by atoms with Crippen molar-refractivity contribution in [3.63, 3.8) is 0 Å². The highest BCUT2D eigenvalue weighted by molar-refractivity contribution is 5.55. The van der Waals surface area contributed by atoms with Gasteiger partial charge in [0.15, 0.2) is 0 Å². The fourth-order valence-corrected chi connectivity index (χ4v) is 1.47. The zero-order chi connectivity index (χ0) is 12.3. The van der Waals surface area contributed by atoms with Crippen molar-refractivity contribution < 1.29 is 13.3 Å². The van der Waals surface area contributed by atoms with E-state index >= 15 is 0 Å². The number of benzene rings is 1. The second-order valence-corrected chi connectivity index (χ2v) is 3.51. The highest BCUT2D eigenvalue weighted by Crippen LogP contribution is 2.18. The lowest BCUT2D eigenvalue weighted by Gasteiger charge is -2.01. The molecule has 1 heterocycles. The standard InChI is InChI=1S/C11H11F2N3O/c12-9(13)5-7-2-1-3-8(4-7)11-15-10(6-14)17-16-11/h1-4,9H,5-6,14H2. The molecule has 0 aliphatic heterocycles. The minimum Gasteiger partial charge on any atom is -0.338 e. The normalized spacial score (nSPS) is 11.1. The molecule has 17 heavy (non-hydrogen) atoms. The van der Waals surface area contributed by atoms with E-state index < -0.39 is 6.43 Å². The molecule has 0 atom stereocenters. The van der Waals surface area contributed by atoms with Crippen molar-refractivity contribution in [2.24, 2.45) is 5.73 Å². The molecule has 6 heteroatoms. The molecule has 0 aliphatic rings. The Bertz CT molecular complexity index is 499. The van der Waals surface area contributed by atoms with Crippen LogP contribution < -0.4 is 5.73 Å². The van der Waals surface area contributed by atoms with Gasteiger partial charge in [0.25, 0.3) is 0 Å². The molecule has 1 aromatic heterocycles. The highest BCUT2D eigenvalue weighted by atomic mass is 19.3. The van der Waals surface area contributed by atoms with Crippen molar-refractivity contribution in [1.29, 1.82) is 0 Å². The molecule has 0 bridgehead atoms. The summed E-state index contributed by atoms with van der Waals surface area (Å²) in [5.74, 6) is 0.681. The lowest BCUT2D eigenvalue weighted by atomic mass is 10.1. The smallest absolute Gasteiger partial charge is 0.242 e. The third-order valence-electron chi connectivity index (χ3n) is 2.22. The van der Waals surface area contributed by atoms with E-state index in [0.29, 0.717) is 22.8 Å². The van der Waals surface area contributed by atoms with Crippen LogP contribution >= 0.6 is 0 Å². The molecule has 4 nitrogen and oxygen atoms in total. The van der Waals surface area contributed by atoms with Gasteiger partial charge in [-0.3, -0.25) is 0 Å². The van der Waals surface area contributed by atoms with E-state index in [9.17, 15) is 8.78 Å². The van der Waals surface area contributed by atoms with Crippen LogP contribution in [-0.4, -0.2) is 16.6 Å². The molecule has 0 aliphatic carbocycles. The van der Waals surface area contributed by atoms with Crippen molar-refractivity contribution >= 4 is 0 Å². The summed E-state index contributed by atoms with van der Waals surface area (Å²) in [4.78, 5) is 4.03. The van der Waals surface area contributed by atoms with Gasteiger partial charge in [-0.05, 0) is 11.6 Å². The predicted octanol–water partition coefficient (Wildman–Crippen LogP) is 2.00. The van der Waals surface area contributed by atoms with Crippen LogP contribution in [0.5, 0.6) is 0 Å². The van der Waals surface area contributed by atoms with Crippen LogP contribution in [0, 0.1) is 0 Å². The molecule has 2 N–H and O–H groups in total. The van der Waals surface area contributed by atoms with Gasteiger partial charge < -0.3 is 10.3 Å². The number of nitrogens with two attached hydrogens (primary N) is 1. The Hall–Kier alpha value is -1.82. The van der Waals surface area contributed by atoms with E-state index in [4.69, 9.17) is 10.3 Å². The molecule has 0 amide bonds. The highest BCUT2D eigenvalue weighted by Gasteiger charge is 2.09. The Morgan fingerprint density at radius 1 is 1.35 bits per heavy atom. The van der Waals surface area contributed by atoms with Crippen LogP contribution in [0.2, 0.25) is 0 Å². The molecular weight excluding hydrogens is 228 g/mol. The number of alkyl halides is 2. The van der Waals surface area contributed by atoms with E-state index in [1.54, 1.807) is 24.3 Å². The van der Waals surface area contributed by atoms with Gasteiger partial charge in [-0.15, -0.1) is 0 Å². The number of hydrogen-bond acceptors (Lipinski definition) is 4. The van der Waals surface area contributed by atoms with E-state index in [0.717, 1.165) is 0 Å². The van der Waals surface area contributed by atoms with Crippen LogP contribution in [0.4, 0.5) is 8.78 Å². The maximum atomic E-state index is 12.2. The molecule has 90 valence electrons. The van der Waals surface area contributed by atoms with Gasteiger partial charge in [-0.1, -0.05) is 23.4 Å². The maximum absolute atomic E-state index is 12.2. The molecule has 0 radical (unpaired) electrons. The summed E-state index contributed by atoms with van der Waals surface area (Å²) in [5, 5.41) is 3.72. The van der Waals surface area contributed by atoms with Crippen molar-refractivity contribution in [3.05, 3.63) is 35.7 Å². The SMILES string of the molecule is NCc1nc(-c2cccc(CC(F)F)c2)no1. The summed E-state index contributed by atoms with van der Waals surface area (Å²) < 4.78 is 29.3. The summed E-state index contributed by atoms with van der Waals surface area (Å²) in [6.07, 6.45) is -2.65. The maximum Gasteiger partial charge on any atom is 0.242 e. The average Bonchev–Trinajstić information content (AvgIpc) is 2.77. The molecular formula is C11H11F2N3O. The Labute approximate surface area is 96.4 Å². The summed E-state index contributed by atoms with van der Waals surface area (Å²) in [7, 11) is 0. The van der Waals surface area contributed by atoms with Gasteiger partial charge in [0, 0.05) is 12.0 Å². The van der Waals surface area contributed by atoms with E-state index in [2.05, 4.69) is 10.1 Å². The number of rotatable bonds is 4. The first-order chi connectivity index (χ1) is 8.19. The fraction of sp³-hybridized carbons (Fsp3) is 0.273. The second kappa shape index (κ2) is 5.01. The molecule has 0 saturated heterocycles. The van der Waals surface area contributed by atoms with Crippen LogP contribution in [0.1, 0.15) is 11.5 Å². The van der Waals surface area contributed by atoms with Crippen molar-refractivity contribution in [1.82, 2.24) is 10.1 Å². The van der Waals surface area contributed by atoms with E-state index in [-0.39, 0.29) is 13.0 Å². The summed E-state index contributed by atoms with van der Waals surface area (Å²) in [6.45, 7) is 0.156. The topological polar surface area (TPSA) is 64.9 Å². The fourth-order valence-electron chi connectivity index (χ4n) is 1.47. The monoisotopic (exact) mass is 239 g/mol. The van der Waals surface area contributed by atoms with Crippen molar-refractivity contribution in [3.8, 4) is 11.4 Å². The van der Waals surface area contributed by atoms with Gasteiger partial charge in [-0.2, -0.15) is 4.98 Å². The summed E-state index contributed by atoms with van der Waals surface area (Å²) >= 11 is 0. The van der Waals surface area contributed by atoms with Crippen molar-refractivity contribution in [2.45, 2.75) is 19.4 Å². The Balaban J connectivity index is 2.26.